The fraction of sp³-hybridized carbons (Fsp3) is 0.250. The summed E-state index contributed by atoms with van der Waals surface area (Å²) in [7, 11) is 0. The molecule has 0 heterocycles. The first kappa shape index (κ1) is 12.3. The second-order valence-electron chi connectivity index (χ2n) is 3.28. The van der Waals surface area contributed by atoms with Crippen LogP contribution in [-0.4, -0.2) is 0 Å². The highest BCUT2D eigenvalue weighted by molar-refractivity contribution is 5.56. The topological polar surface area (TPSA) is 23.8 Å². The van der Waals surface area contributed by atoms with Gasteiger partial charge in [-0.25, -0.2) is 0 Å². The van der Waals surface area contributed by atoms with Crippen LogP contribution in [0.4, 0.5) is 13.2 Å². The van der Waals surface area contributed by atoms with E-state index in [0.29, 0.717) is 5.56 Å². The Kier molecular flexibility index (Phi) is 3.73. The lowest BCUT2D eigenvalue weighted by atomic mass is 10.0. The Morgan fingerprint density at radius 1 is 1.38 bits per heavy atom. The van der Waals surface area contributed by atoms with Gasteiger partial charge in [-0.15, -0.1) is 0 Å². The molecule has 0 fully saturated rings. The van der Waals surface area contributed by atoms with Crippen LogP contribution < -0.4 is 0 Å². The predicted molar refractivity (Wildman–Crippen MR) is 55.4 cm³/mol. The quantitative estimate of drug-likeness (QED) is 0.747. The summed E-state index contributed by atoms with van der Waals surface area (Å²) in [6, 6.07) is 5.90. The van der Waals surface area contributed by atoms with Gasteiger partial charge in [0.15, 0.2) is 0 Å². The number of halogens is 3. The van der Waals surface area contributed by atoms with Crippen LogP contribution in [0.25, 0.3) is 6.08 Å². The first-order valence-corrected chi connectivity index (χ1v) is 4.67. The van der Waals surface area contributed by atoms with E-state index in [1.54, 1.807) is 12.1 Å². The maximum Gasteiger partial charge on any atom is 0.416 e. The Hall–Kier alpha value is -1.76. The van der Waals surface area contributed by atoms with Gasteiger partial charge in [0, 0.05) is 0 Å². The molecule has 1 aromatic carbocycles. The molecule has 0 saturated carbocycles. The highest BCUT2D eigenvalue weighted by Gasteiger charge is 2.32. The first-order chi connectivity index (χ1) is 7.46. The number of benzene rings is 1. The maximum atomic E-state index is 12.5. The number of rotatable bonds is 2. The summed E-state index contributed by atoms with van der Waals surface area (Å²) < 4.78 is 37.6. The normalized spacial score (nSPS) is 11.7. The predicted octanol–water partition coefficient (Wildman–Crippen LogP) is 3.94. The largest absolute Gasteiger partial charge is 0.416 e. The molecule has 0 bridgehead atoms. The summed E-state index contributed by atoms with van der Waals surface area (Å²) in [6.45, 7) is 1.43. The van der Waals surface area contributed by atoms with E-state index in [-0.39, 0.29) is 12.0 Å². The molecule has 0 spiro atoms. The van der Waals surface area contributed by atoms with Crippen molar-refractivity contribution in [2.75, 3.05) is 0 Å². The van der Waals surface area contributed by atoms with E-state index >= 15 is 0 Å². The Morgan fingerprint density at radius 3 is 2.62 bits per heavy atom. The fourth-order valence-electron chi connectivity index (χ4n) is 1.38. The molecule has 16 heavy (non-hydrogen) atoms. The van der Waals surface area contributed by atoms with Crippen LogP contribution in [-0.2, 0) is 6.18 Å². The number of hydrogen-bond donors (Lipinski definition) is 0. The van der Waals surface area contributed by atoms with Crippen LogP contribution in [0.3, 0.4) is 0 Å². The summed E-state index contributed by atoms with van der Waals surface area (Å²) in [5.74, 6) is 0. The Labute approximate surface area is 91.8 Å². The second kappa shape index (κ2) is 4.84. The van der Waals surface area contributed by atoms with Gasteiger partial charge in [0.1, 0.15) is 0 Å². The zero-order chi connectivity index (χ0) is 12.2. The molecule has 1 nitrogen and oxygen atoms in total. The van der Waals surface area contributed by atoms with E-state index in [0.717, 1.165) is 6.07 Å². The molecule has 84 valence electrons. The maximum absolute atomic E-state index is 12.5. The Balaban J connectivity index is 3.10. The average molecular weight is 225 g/mol. The van der Waals surface area contributed by atoms with Crippen molar-refractivity contribution in [3.63, 3.8) is 0 Å². The molecule has 0 amide bonds. The number of hydrogen-bond acceptors (Lipinski definition) is 1. The lowest BCUT2D eigenvalue weighted by molar-refractivity contribution is -0.138. The summed E-state index contributed by atoms with van der Waals surface area (Å²) >= 11 is 0. The van der Waals surface area contributed by atoms with Gasteiger partial charge in [-0.1, -0.05) is 24.3 Å². The van der Waals surface area contributed by atoms with Crippen molar-refractivity contribution in [3.8, 4) is 6.07 Å². The molecular formula is C12H10F3N. The van der Waals surface area contributed by atoms with Crippen molar-refractivity contribution < 1.29 is 13.2 Å². The second-order valence-corrected chi connectivity index (χ2v) is 3.28. The van der Waals surface area contributed by atoms with Crippen LogP contribution in [0.15, 0.2) is 24.3 Å². The van der Waals surface area contributed by atoms with Crippen molar-refractivity contribution in [2.24, 2.45) is 0 Å². The van der Waals surface area contributed by atoms with Crippen LogP contribution in [0, 0.1) is 18.3 Å². The molecule has 1 rings (SSSR count). The Morgan fingerprint density at radius 2 is 2.06 bits per heavy atom. The van der Waals surface area contributed by atoms with Gasteiger partial charge in [-0.3, -0.25) is 0 Å². The van der Waals surface area contributed by atoms with Crippen molar-refractivity contribution in [1.82, 2.24) is 0 Å². The van der Waals surface area contributed by atoms with Crippen LogP contribution in [0.2, 0.25) is 0 Å². The first-order valence-electron chi connectivity index (χ1n) is 4.67. The van der Waals surface area contributed by atoms with Gasteiger partial charge in [0.25, 0.3) is 0 Å². The van der Waals surface area contributed by atoms with Gasteiger partial charge < -0.3 is 0 Å². The van der Waals surface area contributed by atoms with Crippen molar-refractivity contribution in [1.29, 1.82) is 5.26 Å². The lowest BCUT2D eigenvalue weighted by Gasteiger charge is -2.11. The minimum Gasteiger partial charge on any atom is -0.198 e. The molecule has 0 aliphatic carbocycles. The third-order valence-corrected chi connectivity index (χ3v) is 2.19. The third kappa shape index (κ3) is 2.86. The van der Waals surface area contributed by atoms with Crippen molar-refractivity contribution in [3.05, 3.63) is 41.0 Å². The minimum atomic E-state index is -4.33. The average Bonchev–Trinajstić information content (AvgIpc) is 2.19. The molecule has 0 radical (unpaired) electrons. The standard InChI is InChI=1S/C12H10F3N/c1-9-10(5-2-3-8-16)6-4-7-11(9)12(13,14)15/h2,4-7H,3H2,1H3. The number of alkyl halides is 3. The molecule has 0 N–H and O–H groups in total. The molecule has 0 atom stereocenters. The van der Waals surface area contributed by atoms with Crippen LogP contribution in [0.5, 0.6) is 0 Å². The molecule has 0 aliphatic heterocycles. The highest BCUT2D eigenvalue weighted by atomic mass is 19.4. The molecular weight excluding hydrogens is 215 g/mol. The summed E-state index contributed by atoms with van der Waals surface area (Å²) in [4.78, 5) is 0. The molecule has 0 aliphatic rings. The van der Waals surface area contributed by atoms with Crippen molar-refractivity contribution in [2.45, 2.75) is 19.5 Å². The van der Waals surface area contributed by atoms with Crippen molar-refractivity contribution >= 4 is 6.08 Å². The molecule has 0 aromatic heterocycles. The van der Waals surface area contributed by atoms with E-state index in [4.69, 9.17) is 5.26 Å². The van der Waals surface area contributed by atoms with E-state index in [1.807, 2.05) is 6.07 Å². The SMILES string of the molecule is Cc1c(C=CCC#N)cccc1C(F)(F)F. The Bertz CT molecular complexity index is 439. The van der Waals surface area contributed by atoms with E-state index in [2.05, 4.69) is 0 Å². The highest BCUT2D eigenvalue weighted by Crippen LogP contribution is 2.33. The van der Waals surface area contributed by atoms with E-state index in [9.17, 15) is 13.2 Å². The summed E-state index contributed by atoms with van der Waals surface area (Å²) in [6.07, 6.45) is -1.06. The molecule has 1 aromatic rings. The van der Waals surface area contributed by atoms with Gasteiger partial charge >= 0.3 is 6.18 Å². The number of nitriles is 1. The molecule has 0 saturated heterocycles. The number of nitrogens with zero attached hydrogens (tertiary/aromatic N) is 1. The summed E-state index contributed by atoms with van der Waals surface area (Å²) in [5.41, 5.74) is 0.0425. The van der Waals surface area contributed by atoms with E-state index < -0.39 is 11.7 Å². The van der Waals surface area contributed by atoms with Gasteiger partial charge in [-0.05, 0) is 24.1 Å². The summed E-state index contributed by atoms with van der Waals surface area (Å²) in [5, 5.41) is 8.32. The zero-order valence-corrected chi connectivity index (χ0v) is 8.67. The fourth-order valence-corrected chi connectivity index (χ4v) is 1.38. The third-order valence-electron chi connectivity index (χ3n) is 2.19. The molecule has 4 heteroatoms. The molecule has 0 unspecified atom stereocenters. The zero-order valence-electron chi connectivity index (χ0n) is 8.67. The van der Waals surface area contributed by atoms with Crippen LogP contribution >= 0.6 is 0 Å². The smallest absolute Gasteiger partial charge is 0.198 e. The minimum absolute atomic E-state index is 0.184. The van der Waals surface area contributed by atoms with Gasteiger partial charge in [0.2, 0.25) is 0 Å². The van der Waals surface area contributed by atoms with Gasteiger partial charge in [-0.2, -0.15) is 18.4 Å². The van der Waals surface area contributed by atoms with E-state index in [1.165, 1.54) is 19.1 Å². The number of allylic oxidation sites excluding steroid dienone is 1. The van der Waals surface area contributed by atoms with Gasteiger partial charge in [0.05, 0.1) is 18.1 Å². The lowest BCUT2D eigenvalue weighted by Crippen LogP contribution is -2.07. The monoisotopic (exact) mass is 225 g/mol. The van der Waals surface area contributed by atoms with Crippen LogP contribution in [0.1, 0.15) is 23.1 Å².